The van der Waals surface area contributed by atoms with Gasteiger partial charge in [0.15, 0.2) is 0 Å². The predicted octanol–water partition coefficient (Wildman–Crippen LogP) is 3.38. The fourth-order valence-corrected chi connectivity index (χ4v) is 2.06. The van der Waals surface area contributed by atoms with Crippen LogP contribution in [0.2, 0.25) is 0 Å². The molecule has 0 bridgehead atoms. The normalized spacial score (nSPS) is 10.6. The van der Waals surface area contributed by atoms with E-state index in [1.54, 1.807) is 24.3 Å². The summed E-state index contributed by atoms with van der Waals surface area (Å²) >= 11 is 0. The molecule has 0 radical (unpaired) electrons. The molecular weight excluding hydrogens is 274 g/mol. The van der Waals surface area contributed by atoms with Crippen LogP contribution in [0.3, 0.4) is 0 Å². The number of benzene rings is 2. The van der Waals surface area contributed by atoms with Gasteiger partial charge in [-0.05, 0) is 12.1 Å². The molecule has 1 aromatic heterocycles. The third kappa shape index (κ3) is 2.58. The molecule has 3 rings (SSSR count). The topological polar surface area (TPSA) is 45.8 Å². The van der Waals surface area contributed by atoms with Gasteiger partial charge in [0.05, 0.1) is 11.3 Å². The molecule has 0 fully saturated rings. The molecular formula is C16H10F2N2O. The van der Waals surface area contributed by atoms with Crippen molar-refractivity contribution in [3.8, 4) is 22.6 Å². The molecule has 5 heteroatoms. The Morgan fingerprint density at radius 3 is 2.24 bits per heavy atom. The van der Waals surface area contributed by atoms with Crippen LogP contribution in [0.15, 0.2) is 59.4 Å². The van der Waals surface area contributed by atoms with Crippen LogP contribution < -0.4 is 5.56 Å². The maximum atomic E-state index is 13.8. The van der Waals surface area contributed by atoms with Gasteiger partial charge in [-0.15, -0.1) is 0 Å². The van der Waals surface area contributed by atoms with E-state index in [-0.39, 0.29) is 17.1 Å². The molecule has 3 nitrogen and oxygen atoms in total. The molecule has 1 N–H and O–H groups in total. The molecule has 0 aliphatic rings. The van der Waals surface area contributed by atoms with Crippen molar-refractivity contribution in [2.75, 3.05) is 0 Å². The lowest BCUT2D eigenvalue weighted by molar-refractivity contribution is 0.588. The Morgan fingerprint density at radius 2 is 1.57 bits per heavy atom. The molecule has 104 valence electrons. The highest BCUT2D eigenvalue weighted by Crippen LogP contribution is 2.24. The highest BCUT2D eigenvalue weighted by molar-refractivity contribution is 5.64. The van der Waals surface area contributed by atoms with Gasteiger partial charge in [-0.1, -0.05) is 36.4 Å². The van der Waals surface area contributed by atoms with Gasteiger partial charge in [0, 0.05) is 11.6 Å². The largest absolute Gasteiger partial charge is 0.306 e. The lowest BCUT2D eigenvalue weighted by Gasteiger charge is -2.06. The monoisotopic (exact) mass is 284 g/mol. The van der Waals surface area contributed by atoms with Gasteiger partial charge in [0.1, 0.15) is 17.5 Å². The summed E-state index contributed by atoms with van der Waals surface area (Å²) in [6.45, 7) is 0. The van der Waals surface area contributed by atoms with E-state index < -0.39 is 17.2 Å². The quantitative estimate of drug-likeness (QED) is 0.784. The average Bonchev–Trinajstić information content (AvgIpc) is 2.47. The minimum absolute atomic E-state index is 0.0341. The molecule has 0 amide bonds. The molecule has 0 atom stereocenters. The SMILES string of the molecule is O=c1cc(-c2c(F)cccc2F)nc(-c2ccccc2)[nH]1. The number of aromatic amines is 1. The number of nitrogens with one attached hydrogen (secondary N) is 1. The van der Waals surface area contributed by atoms with Crippen LogP contribution in [0.1, 0.15) is 0 Å². The standard InChI is InChI=1S/C16H10F2N2O/c17-11-7-4-8-12(18)15(11)13-9-14(21)20-16(19-13)10-5-2-1-3-6-10/h1-9H,(H,19,20,21). The lowest BCUT2D eigenvalue weighted by Crippen LogP contribution is -2.09. The molecule has 3 aromatic rings. The molecule has 2 aromatic carbocycles. The van der Waals surface area contributed by atoms with E-state index >= 15 is 0 Å². The fraction of sp³-hybridized carbons (Fsp3) is 0. The Bertz CT molecular complexity index is 824. The van der Waals surface area contributed by atoms with E-state index in [9.17, 15) is 13.6 Å². The maximum Gasteiger partial charge on any atom is 0.251 e. The molecule has 21 heavy (non-hydrogen) atoms. The zero-order chi connectivity index (χ0) is 14.8. The zero-order valence-corrected chi connectivity index (χ0v) is 10.8. The van der Waals surface area contributed by atoms with Gasteiger partial charge in [-0.2, -0.15) is 0 Å². The molecule has 0 unspecified atom stereocenters. The Kier molecular flexibility index (Phi) is 3.31. The summed E-state index contributed by atoms with van der Waals surface area (Å²) in [5.74, 6) is -1.25. The Morgan fingerprint density at radius 1 is 0.905 bits per heavy atom. The third-order valence-electron chi connectivity index (χ3n) is 3.01. The van der Waals surface area contributed by atoms with Gasteiger partial charge in [0.2, 0.25) is 0 Å². The van der Waals surface area contributed by atoms with Crippen molar-refractivity contribution in [2.45, 2.75) is 0 Å². The highest BCUT2D eigenvalue weighted by Gasteiger charge is 2.14. The van der Waals surface area contributed by atoms with Crippen LogP contribution in [-0.4, -0.2) is 9.97 Å². The number of aromatic nitrogens is 2. The molecule has 0 spiro atoms. The third-order valence-corrected chi connectivity index (χ3v) is 3.01. The fourth-order valence-electron chi connectivity index (χ4n) is 2.06. The predicted molar refractivity (Wildman–Crippen MR) is 75.6 cm³/mol. The van der Waals surface area contributed by atoms with Gasteiger partial charge in [-0.25, -0.2) is 13.8 Å². The van der Waals surface area contributed by atoms with Crippen molar-refractivity contribution in [3.05, 3.63) is 76.6 Å². The summed E-state index contributed by atoms with van der Waals surface area (Å²) in [5, 5.41) is 0. The summed E-state index contributed by atoms with van der Waals surface area (Å²) in [6.07, 6.45) is 0. The van der Waals surface area contributed by atoms with E-state index in [4.69, 9.17) is 0 Å². The molecule has 0 saturated carbocycles. The molecule has 0 aliphatic heterocycles. The van der Waals surface area contributed by atoms with Gasteiger partial charge < -0.3 is 4.98 Å². The van der Waals surface area contributed by atoms with Crippen LogP contribution in [0.4, 0.5) is 8.78 Å². The number of halogens is 2. The summed E-state index contributed by atoms with van der Waals surface area (Å²) in [4.78, 5) is 18.5. The summed E-state index contributed by atoms with van der Waals surface area (Å²) in [6, 6.07) is 13.5. The highest BCUT2D eigenvalue weighted by atomic mass is 19.1. The van der Waals surface area contributed by atoms with Crippen molar-refractivity contribution in [3.63, 3.8) is 0 Å². The summed E-state index contributed by atoms with van der Waals surface area (Å²) in [5.41, 5.74) is -0.149. The second-order valence-corrected chi connectivity index (χ2v) is 4.44. The number of rotatable bonds is 2. The van der Waals surface area contributed by atoms with Crippen LogP contribution in [0, 0.1) is 11.6 Å². The molecule has 0 saturated heterocycles. The average molecular weight is 284 g/mol. The number of hydrogen-bond acceptors (Lipinski definition) is 2. The van der Waals surface area contributed by atoms with Crippen molar-refractivity contribution in [1.29, 1.82) is 0 Å². The van der Waals surface area contributed by atoms with E-state index in [2.05, 4.69) is 9.97 Å². The first kappa shape index (κ1) is 13.2. The van der Waals surface area contributed by atoms with Crippen LogP contribution >= 0.6 is 0 Å². The Balaban J connectivity index is 2.22. The van der Waals surface area contributed by atoms with Crippen molar-refractivity contribution in [1.82, 2.24) is 9.97 Å². The first-order valence-corrected chi connectivity index (χ1v) is 6.26. The molecule has 0 aliphatic carbocycles. The van der Waals surface area contributed by atoms with E-state index in [0.717, 1.165) is 18.2 Å². The number of nitrogens with zero attached hydrogens (tertiary/aromatic N) is 1. The van der Waals surface area contributed by atoms with E-state index in [0.29, 0.717) is 5.56 Å². The van der Waals surface area contributed by atoms with Crippen molar-refractivity contribution < 1.29 is 8.78 Å². The van der Waals surface area contributed by atoms with Crippen molar-refractivity contribution in [2.24, 2.45) is 0 Å². The van der Waals surface area contributed by atoms with Gasteiger partial charge in [0.25, 0.3) is 5.56 Å². The Labute approximate surface area is 118 Å². The zero-order valence-electron chi connectivity index (χ0n) is 10.8. The second kappa shape index (κ2) is 5.28. The molecule has 1 heterocycles. The summed E-state index contributed by atoms with van der Waals surface area (Å²) in [7, 11) is 0. The summed E-state index contributed by atoms with van der Waals surface area (Å²) < 4.78 is 27.6. The van der Waals surface area contributed by atoms with Crippen LogP contribution in [0.5, 0.6) is 0 Å². The Hall–Kier alpha value is -2.82. The first-order valence-electron chi connectivity index (χ1n) is 6.26. The smallest absolute Gasteiger partial charge is 0.251 e. The van der Waals surface area contributed by atoms with Crippen molar-refractivity contribution >= 4 is 0 Å². The number of H-pyrrole nitrogens is 1. The van der Waals surface area contributed by atoms with Gasteiger partial charge >= 0.3 is 0 Å². The van der Waals surface area contributed by atoms with Crippen LogP contribution in [0.25, 0.3) is 22.6 Å². The number of hydrogen-bond donors (Lipinski definition) is 1. The minimum Gasteiger partial charge on any atom is -0.306 e. The maximum absolute atomic E-state index is 13.8. The van der Waals surface area contributed by atoms with E-state index in [1.807, 2.05) is 6.07 Å². The minimum atomic E-state index is -0.757. The van der Waals surface area contributed by atoms with E-state index in [1.165, 1.54) is 6.07 Å². The second-order valence-electron chi connectivity index (χ2n) is 4.44. The lowest BCUT2D eigenvalue weighted by atomic mass is 10.1. The first-order chi connectivity index (χ1) is 10.1. The van der Waals surface area contributed by atoms with Crippen LogP contribution in [-0.2, 0) is 0 Å². The van der Waals surface area contributed by atoms with Gasteiger partial charge in [-0.3, -0.25) is 4.79 Å².